The maximum atomic E-state index is 14.1. The summed E-state index contributed by atoms with van der Waals surface area (Å²) in [6.45, 7) is 2.04. The summed E-state index contributed by atoms with van der Waals surface area (Å²) in [6.07, 6.45) is 2.15. The topological polar surface area (TPSA) is 40.1 Å². The Balaban J connectivity index is 2.34. The molecular formula is C19H15F4O2-. The highest BCUT2D eigenvalue weighted by atomic mass is 19.3. The second kappa shape index (κ2) is 7.51. The van der Waals surface area contributed by atoms with Crippen LogP contribution < -0.4 is 5.11 Å². The van der Waals surface area contributed by atoms with Gasteiger partial charge < -0.3 is 9.90 Å². The Labute approximate surface area is 142 Å². The lowest BCUT2D eigenvalue weighted by Crippen LogP contribution is -2.39. The first kappa shape index (κ1) is 18.7. The number of carboxylic acids is 1. The van der Waals surface area contributed by atoms with E-state index < -0.39 is 29.1 Å². The number of alkyl halides is 2. The van der Waals surface area contributed by atoms with E-state index in [2.05, 4.69) is 0 Å². The van der Waals surface area contributed by atoms with Crippen molar-refractivity contribution in [2.45, 2.75) is 25.7 Å². The zero-order valence-corrected chi connectivity index (χ0v) is 13.4. The lowest BCUT2D eigenvalue weighted by Gasteiger charge is -2.12. The summed E-state index contributed by atoms with van der Waals surface area (Å²) in [5, 5.41) is 10.2. The molecule has 0 unspecified atom stereocenters. The van der Waals surface area contributed by atoms with Crippen LogP contribution in [0.15, 0.2) is 42.5 Å². The summed E-state index contributed by atoms with van der Waals surface area (Å²) in [5.41, 5.74) is 1.18. The van der Waals surface area contributed by atoms with E-state index in [0.717, 1.165) is 30.5 Å². The van der Waals surface area contributed by atoms with Crippen LogP contribution in [0, 0.1) is 11.6 Å². The van der Waals surface area contributed by atoms with Crippen LogP contribution in [0.5, 0.6) is 0 Å². The van der Waals surface area contributed by atoms with Crippen LogP contribution in [0.3, 0.4) is 0 Å². The first-order chi connectivity index (χ1) is 11.7. The number of halogens is 4. The van der Waals surface area contributed by atoms with Crippen LogP contribution in [0.25, 0.3) is 17.2 Å². The van der Waals surface area contributed by atoms with Crippen molar-refractivity contribution < 1.29 is 27.5 Å². The van der Waals surface area contributed by atoms with Crippen molar-refractivity contribution >= 4 is 12.0 Å². The minimum Gasteiger partial charge on any atom is -0.544 e. The SMILES string of the molecule is CCCc1ccc(-c2cc(F)c(/C=C/C(F)(F)C(=O)[O-])c(F)c2)cc1. The Morgan fingerprint density at radius 1 is 1.08 bits per heavy atom. The zero-order chi connectivity index (χ0) is 18.6. The number of carbonyl (C=O) groups is 1. The molecule has 0 saturated heterocycles. The number of rotatable bonds is 6. The van der Waals surface area contributed by atoms with Gasteiger partial charge in [0.25, 0.3) is 0 Å². The molecule has 0 aliphatic carbocycles. The van der Waals surface area contributed by atoms with E-state index in [1.54, 1.807) is 12.1 Å². The standard InChI is InChI=1S/C19H16F4O2/c1-2-3-12-4-6-13(7-5-12)14-10-16(20)15(17(21)11-14)8-9-19(22,23)18(24)25/h4-11H,2-3H2,1H3,(H,24,25)/p-1/b9-8+. The first-order valence-corrected chi connectivity index (χ1v) is 7.61. The Morgan fingerprint density at radius 2 is 1.64 bits per heavy atom. The van der Waals surface area contributed by atoms with Crippen molar-refractivity contribution in [1.29, 1.82) is 0 Å². The molecule has 0 aliphatic heterocycles. The number of benzene rings is 2. The Morgan fingerprint density at radius 3 is 2.12 bits per heavy atom. The molecule has 2 nitrogen and oxygen atoms in total. The van der Waals surface area contributed by atoms with Gasteiger partial charge in [-0.05, 0) is 47.4 Å². The van der Waals surface area contributed by atoms with Gasteiger partial charge >= 0.3 is 5.92 Å². The molecule has 0 aliphatic rings. The Kier molecular flexibility index (Phi) is 5.62. The molecule has 2 aromatic carbocycles. The van der Waals surface area contributed by atoms with Gasteiger partial charge in [-0.2, -0.15) is 8.78 Å². The summed E-state index contributed by atoms with van der Waals surface area (Å²) in [5.74, 6) is -9.10. The van der Waals surface area contributed by atoms with Gasteiger partial charge in [0.15, 0.2) is 0 Å². The summed E-state index contributed by atoms with van der Waals surface area (Å²) in [4.78, 5) is 10.2. The number of carbonyl (C=O) groups excluding carboxylic acids is 1. The van der Waals surface area contributed by atoms with Crippen LogP contribution in [-0.2, 0) is 11.2 Å². The minimum atomic E-state index is -4.31. The maximum absolute atomic E-state index is 14.1. The van der Waals surface area contributed by atoms with Crippen LogP contribution in [0.2, 0.25) is 0 Å². The van der Waals surface area contributed by atoms with Gasteiger partial charge in [-0.3, -0.25) is 0 Å². The van der Waals surface area contributed by atoms with Gasteiger partial charge in [-0.25, -0.2) is 8.78 Å². The highest BCUT2D eigenvalue weighted by Gasteiger charge is 2.27. The van der Waals surface area contributed by atoms with Crippen molar-refractivity contribution in [2.75, 3.05) is 0 Å². The highest BCUT2D eigenvalue weighted by molar-refractivity contribution is 5.77. The molecule has 0 fully saturated rings. The Hall–Kier alpha value is -2.63. The number of carboxylic acid groups (broad SMARTS) is 1. The third-order valence-electron chi connectivity index (χ3n) is 3.64. The van der Waals surface area contributed by atoms with Gasteiger partial charge in [-0.15, -0.1) is 0 Å². The van der Waals surface area contributed by atoms with Crippen LogP contribution in [0.1, 0.15) is 24.5 Å². The van der Waals surface area contributed by atoms with E-state index in [1.165, 1.54) is 0 Å². The fraction of sp³-hybridized carbons (Fsp3) is 0.211. The molecule has 0 spiro atoms. The van der Waals surface area contributed by atoms with Crippen molar-refractivity contribution in [3.05, 3.63) is 65.2 Å². The normalized spacial score (nSPS) is 11.9. The third kappa shape index (κ3) is 4.47. The first-order valence-electron chi connectivity index (χ1n) is 7.61. The summed E-state index contributed by atoms with van der Waals surface area (Å²) in [6, 6.07) is 9.16. The number of aryl methyl sites for hydroxylation is 1. The van der Waals surface area contributed by atoms with Gasteiger partial charge in [-0.1, -0.05) is 37.6 Å². The van der Waals surface area contributed by atoms with Gasteiger partial charge in [0.1, 0.15) is 17.6 Å². The van der Waals surface area contributed by atoms with Crippen LogP contribution >= 0.6 is 0 Å². The quantitative estimate of drug-likeness (QED) is 0.739. The van der Waals surface area contributed by atoms with Crippen LogP contribution in [0.4, 0.5) is 17.6 Å². The predicted molar refractivity (Wildman–Crippen MR) is 84.8 cm³/mol. The largest absolute Gasteiger partial charge is 0.544 e. The van der Waals surface area contributed by atoms with Gasteiger partial charge in [0, 0.05) is 5.56 Å². The van der Waals surface area contributed by atoms with Crippen molar-refractivity contribution in [1.82, 2.24) is 0 Å². The number of hydrogen-bond donors (Lipinski definition) is 0. The predicted octanol–water partition coefficient (Wildman–Crippen LogP) is 3.98. The van der Waals surface area contributed by atoms with Crippen LogP contribution in [-0.4, -0.2) is 11.9 Å². The van der Waals surface area contributed by atoms with Gasteiger partial charge in [0.2, 0.25) is 0 Å². The molecule has 132 valence electrons. The van der Waals surface area contributed by atoms with Crippen molar-refractivity contribution in [3.63, 3.8) is 0 Å². The fourth-order valence-electron chi connectivity index (χ4n) is 2.32. The molecule has 6 heteroatoms. The molecule has 0 atom stereocenters. The molecule has 2 rings (SSSR count). The molecule has 25 heavy (non-hydrogen) atoms. The molecule has 0 bridgehead atoms. The summed E-state index contributed by atoms with van der Waals surface area (Å²) in [7, 11) is 0. The molecule has 0 radical (unpaired) electrons. The maximum Gasteiger partial charge on any atom is 0.305 e. The molecule has 0 aromatic heterocycles. The van der Waals surface area contributed by atoms with E-state index in [4.69, 9.17) is 0 Å². The lowest BCUT2D eigenvalue weighted by atomic mass is 10.00. The van der Waals surface area contributed by atoms with E-state index >= 15 is 0 Å². The van der Waals surface area contributed by atoms with E-state index in [9.17, 15) is 27.5 Å². The molecule has 2 aromatic rings. The summed E-state index contributed by atoms with van der Waals surface area (Å²) < 4.78 is 54.0. The molecule has 0 N–H and O–H groups in total. The van der Waals surface area contributed by atoms with Crippen molar-refractivity contribution in [2.24, 2.45) is 0 Å². The second-order valence-electron chi connectivity index (χ2n) is 5.54. The summed E-state index contributed by atoms with van der Waals surface area (Å²) >= 11 is 0. The second-order valence-corrected chi connectivity index (χ2v) is 5.54. The molecule has 0 amide bonds. The minimum absolute atomic E-state index is 0.108. The lowest BCUT2D eigenvalue weighted by molar-refractivity contribution is -0.324. The van der Waals surface area contributed by atoms with E-state index in [-0.39, 0.29) is 11.6 Å². The third-order valence-corrected chi connectivity index (χ3v) is 3.64. The zero-order valence-electron chi connectivity index (χ0n) is 13.4. The molecule has 0 heterocycles. The number of aliphatic carboxylic acids is 1. The molecule has 0 saturated carbocycles. The van der Waals surface area contributed by atoms with E-state index in [0.29, 0.717) is 11.6 Å². The fourth-order valence-corrected chi connectivity index (χ4v) is 2.32. The average Bonchev–Trinajstić information content (AvgIpc) is 2.54. The smallest absolute Gasteiger partial charge is 0.305 e. The van der Waals surface area contributed by atoms with Gasteiger partial charge in [0.05, 0.1) is 0 Å². The monoisotopic (exact) mass is 351 g/mol. The number of hydrogen-bond acceptors (Lipinski definition) is 2. The van der Waals surface area contributed by atoms with E-state index in [1.807, 2.05) is 19.1 Å². The molecular weight excluding hydrogens is 336 g/mol. The average molecular weight is 351 g/mol. The van der Waals surface area contributed by atoms with Crippen molar-refractivity contribution in [3.8, 4) is 11.1 Å². The Bertz CT molecular complexity index is 773. The highest BCUT2D eigenvalue weighted by Crippen LogP contribution is 2.27.